The molecule has 0 aliphatic heterocycles. The van der Waals surface area contributed by atoms with Crippen molar-refractivity contribution in [2.75, 3.05) is 11.9 Å². The summed E-state index contributed by atoms with van der Waals surface area (Å²) >= 11 is 0. The second kappa shape index (κ2) is 8.19. The van der Waals surface area contributed by atoms with Gasteiger partial charge < -0.3 is 10.1 Å². The third-order valence-corrected chi connectivity index (χ3v) is 5.67. The molecule has 0 unspecified atom stereocenters. The fourth-order valence-corrected chi connectivity index (χ4v) is 3.36. The maximum atomic E-state index is 6.18. The lowest BCUT2D eigenvalue weighted by Gasteiger charge is -2.31. The Morgan fingerprint density at radius 2 is 1.93 bits per heavy atom. The number of pyridine rings is 1. The number of hydrogen-bond acceptors (Lipinski definition) is 5. The smallest absolute Gasteiger partial charge is 0.129 e. The first-order valence-electron chi connectivity index (χ1n) is 10.3. The number of aryl methyl sites for hydroxylation is 1. The Kier molecular flexibility index (Phi) is 5.47. The van der Waals surface area contributed by atoms with Crippen molar-refractivity contribution in [3.8, 4) is 17.0 Å². The molecule has 5 heteroatoms. The molecule has 0 spiro atoms. The van der Waals surface area contributed by atoms with E-state index in [0.29, 0.717) is 6.10 Å². The Morgan fingerprint density at radius 3 is 2.66 bits per heavy atom. The van der Waals surface area contributed by atoms with Gasteiger partial charge in [-0.05, 0) is 44.4 Å². The molecule has 5 nitrogen and oxygen atoms in total. The normalized spacial score (nSPS) is 15.6. The molecule has 1 N–H and O–H groups in total. The predicted molar refractivity (Wildman–Crippen MR) is 116 cm³/mol. The van der Waals surface area contributed by atoms with Crippen LogP contribution in [0.25, 0.3) is 11.3 Å². The van der Waals surface area contributed by atoms with E-state index in [0.717, 1.165) is 54.3 Å². The number of rotatable bonds is 8. The summed E-state index contributed by atoms with van der Waals surface area (Å²) in [7, 11) is 0. The molecular formula is C24H28N4O. The number of anilines is 1. The van der Waals surface area contributed by atoms with Crippen molar-refractivity contribution in [2.45, 2.75) is 51.6 Å². The first-order valence-corrected chi connectivity index (χ1v) is 10.3. The molecule has 2 aromatic heterocycles. The monoisotopic (exact) mass is 388 g/mol. The molecule has 1 aliphatic carbocycles. The zero-order valence-electron chi connectivity index (χ0n) is 17.4. The van der Waals surface area contributed by atoms with Gasteiger partial charge in [0.1, 0.15) is 17.9 Å². The van der Waals surface area contributed by atoms with Crippen molar-refractivity contribution < 1.29 is 4.74 Å². The molecule has 1 atom stereocenters. The predicted octanol–water partition coefficient (Wildman–Crippen LogP) is 5.17. The highest BCUT2D eigenvalue weighted by Gasteiger charge is 2.31. The van der Waals surface area contributed by atoms with Crippen LogP contribution in [-0.4, -0.2) is 27.6 Å². The van der Waals surface area contributed by atoms with Crippen molar-refractivity contribution in [3.63, 3.8) is 0 Å². The number of hydrogen-bond donors (Lipinski definition) is 1. The molecule has 3 aromatic rings. The van der Waals surface area contributed by atoms with Gasteiger partial charge in [0.2, 0.25) is 0 Å². The highest BCUT2D eigenvalue weighted by Crippen LogP contribution is 2.37. The summed E-state index contributed by atoms with van der Waals surface area (Å²) in [4.78, 5) is 13.2. The van der Waals surface area contributed by atoms with Crippen LogP contribution < -0.4 is 10.1 Å². The number of benzene rings is 1. The van der Waals surface area contributed by atoms with Crippen molar-refractivity contribution in [3.05, 3.63) is 66.2 Å². The molecule has 29 heavy (non-hydrogen) atoms. The van der Waals surface area contributed by atoms with Crippen LogP contribution in [-0.2, 0) is 5.41 Å². The number of aromatic nitrogens is 3. The van der Waals surface area contributed by atoms with Gasteiger partial charge in [0.15, 0.2) is 0 Å². The molecule has 0 amide bonds. The van der Waals surface area contributed by atoms with E-state index < -0.39 is 0 Å². The van der Waals surface area contributed by atoms with Gasteiger partial charge in [-0.25, -0.2) is 9.97 Å². The molecule has 150 valence electrons. The van der Waals surface area contributed by atoms with Crippen LogP contribution in [0.3, 0.4) is 0 Å². The molecule has 1 aliphatic rings. The minimum atomic E-state index is -0.0674. The Bertz CT molecular complexity index is 969. The lowest BCUT2D eigenvalue weighted by atomic mass is 9.79. The third-order valence-electron chi connectivity index (χ3n) is 5.67. The summed E-state index contributed by atoms with van der Waals surface area (Å²) in [5, 5.41) is 3.53. The SMILES string of the molecule is CC[C@](C)(CNc1cc(-c2ccc(C)nc2)ncn1)c1ccccc1OC1CC1. The van der Waals surface area contributed by atoms with E-state index in [-0.39, 0.29) is 5.41 Å². The average molecular weight is 389 g/mol. The Balaban J connectivity index is 1.52. The molecule has 0 radical (unpaired) electrons. The van der Waals surface area contributed by atoms with Gasteiger partial charge in [0.25, 0.3) is 0 Å². The van der Waals surface area contributed by atoms with Crippen LogP contribution in [0.4, 0.5) is 5.82 Å². The van der Waals surface area contributed by atoms with Crippen LogP contribution in [0.1, 0.15) is 44.4 Å². The number of nitrogens with zero attached hydrogens (tertiary/aromatic N) is 3. The summed E-state index contributed by atoms with van der Waals surface area (Å²) in [5.41, 5.74) is 4.03. The van der Waals surface area contributed by atoms with E-state index in [1.54, 1.807) is 6.33 Å². The van der Waals surface area contributed by atoms with Crippen molar-refractivity contribution in [2.24, 2.45) is 0 Å². The van der Waals surface area contributed by atoms with Crippen LogP contribution in [0, 0.1) is 6.92 Å². The lowest BCUT2D eigenvalue weighted by molar-refractivity contribution is 0.291. The molecule has 0 bridgehead atoms. The second-order valence-corrected chi connectivity index (χ2v) is 8.06. The molecule has 1 saturated carbocycles. The largest absolute Gasteiger partial charge is 0.490 e. The molecule has 1 aromatic carbocycles. The second-order valence-electron chi connectivity index (χ2n) is 8.06. The number of para-hydroxylation sites is 1. The summed E-state index contributed by atoms with van der Waals surface area (Å²) in [5.74, 6) is 1.83. The third kappa shape index (κ3) is 4.56. The summed E-state index contributed by atoms with van der Waals surface area (Å²) in [6, 6.07) is 14.4. The van der Waals surface area contributed by atoms with Gasteiger partial charge in [0.05, 0.1) is 11.8 Å². The fraction of sp³-hybridized carbons (Fsp3) is 0.375. The zero-order valence-corrected chi connectivity index (χ0v) is 17.4. The van der Waals surface area contributed by atoms with Gasteiger partial charge in [-0.2, -0.15) is 0 Å². The van der Waals surface area contributed by atoms with Crippen molar-refractivity contribution >= 4 is 5.82 Å². The Hall–Kier alpha value is -2.95. The van der Waals surface area contributed by atoms with Crippen molar-refractivity contribution in [1.29, 1.82) is 0 Å². The Morgan fingerprint density at radius 1 is 1.10 bits per heavy atom. The van der Waals surface area contributed by atoms with E-state index in [9.17, 15) is 0 Å². The van der Waals surface area contributed by atoms with E-state index in [2.05, 4.69) is 58.4 Å². The van der Waals surface area contributed by atoms with E-state index in [1.807, 2.05) is 31.3 Å². The van der Waals surface area contributed by atoms with Crippen LogP contribution in [0.2, 0.25) is 0 Å². The molecule has 1 fully saturated rings. The highest BCUT2D eigenvalue weighted by molar-refractivity contribution is 5.61. The zero-order chi connectivity index (χ0) is 20.3. The van der Waals surface area contributed by atoms with E-state index in [1.165, 1.54) is 5.56 Å². The maximum Gasteiger partial charge on any atom is 0.129 e. The van der Waals surface area contributed by atoms with Gasteiger partial charge in [0, 0.05) is 41.0 Å². The van der Waals surface area contributed by atoms with E-state index in [4.69, 9.17) is 4.74 Å². The first-order chi connectivity index (χ1) is 14.1. The average Bonchev–Trinajstić information content (AvgIpc) is 3.57. The fourth-order valence-electron chi connectivity index (χ4n) is 3.36. The minimum Gasteiger partial charge on any atom is -0.490 e. The highest BCUT2D eigenvalue weighted by atomic mass is 16.5. The number of nitrogens with one attached hydrogen (secondary N) is 1. The molecule has 2 heterocycles. The van der Waals surface area contributed by atoms with Crippen molar-refractivity contribution in [1.82, 2.24) is 15.0 Å². The topological polar surface area (TPSA) is 59.9 Å². The summed E-state index contributed by atoms with van der Waals surface area (Å²) in [6.45, 7) is 7.24. The Labute approximate surface area is 172 Å². The van der Waals surface area contributed by atoms with E-state index >= 15 is 0 Å². The standard InChI is InChI=1S/C24H28N4O/c1-4-24(3,20-7-5-6-8-22(20)29-19-11-12-19)15-26-23-13-21(27-16-28-23)18-10-9-17(2)25-14-18/h5-10,13-14,16,19H,4,11-12,15H2,1-3H3,(H,26,27,28)/t24-/m1/s1. The quantitative estimate of drug-likeness (QED) is 0.577. The minimum absolute atomic E-state index is 0.0674. The number of ether oxygens (including phenoxy) is 1. The van der Waals surface area contributed by atoms with Crippen LogP contribution in [0.5, 0.6) is 5.75 Å². The van der Waals surface area contributed by atoms with Crippen LogP contribution in [0.15, 0.2) is 55.0 Å². The molecule has 0 saturated heterocycles. The van der Waals surface area contributed by atoms with Gasteiger partial charge in [-0.3, -0.25) is 4.98 Å². The lowest BCUT2D eigenvalue weighted by Crippen LogP contribution is -2.31. The van der Waals surface area contributed by atoms with Gasteiger partial charge in [-0.1, -0.05) is 32.0 Å². The van der Waals surface area contributed by atoms with Gasteiger partial charge >= 0.3 is 0 Å². The molecular weight excluding hydrogens is 360 g/mol. The summed E-state index contributed by atoms with van der Waals surface area (Å²) in [6.07, 6.45) is 7.15. The summed E-state index contributed by atoms with van der Waals surface area (Å²) < 4.78 is 6.18. The van der Waals surface area contributed by atoms with Gasteiger partial charge in [-0.15, -0.1) is 0 Å². The maximum absolute atomic E-state index is 6.18. The first kappa shape index (κ1) is 19.4. The molecule has 4 rings (SSSR count). The van der Waals surface area contributed by atoms with Crippen LogP contribution >= 0.6 is 0 Å².